The monoisotopic (exact) mass is 573 g/mol. The number of aliphatic carboxylic acids is 1. The number of carboxylic acid groups (broad SMARTS) is 1. The van der Waals surface area contributed by atoms with Gasteiger partial charge in [0.05, 0.1) is 23.6 Å². The molecule has 0 saturated carbocycles. The Hall–Kier alpha value is -2.51. The van der Waals surface area contributed by atoms with Crippen LogP contribution in [0.2, 0.25) is 0 Å². The Morgan fingerprint density at radius 2 is 1.68 bits per heavy atom. The van der Waals surface area contributed by atoms with Crippen LogP contribution in [0.1, 0.15) is 42.6 Å². The van der Waals surface area contributed by atoms with Crippen LogP contribution in [-0.2, 0) is 9.53 Å². The van der Waals surface area contributed by atoms with Crippen LogP contribution in [0.5, 0.6) is 0 Å². The van der Waals surface area contributed by atoms with E-state index in [0.717, 1.165) is 54.7 Å². The number of nitrogens with zero attached hydrogens (tertiary/aromatic N) is 6. The van der Waals surface area contributed by atoms with Crippen LogP contribution in [-0.4, -0.2) is 79.3 Å². The summed E-state index contributed by atoms with van der Waals surface area (Å²) in [4.78, 5) is 45.5. The van der Waals surface area contributed by atoms with E-state index in [1.807, 2.05) is 23.1 Å². The average Bonchev–Trinajstić information content (AvgIpc) is 3.41. The van der Waals surface area contributed by atoms with Crippen LogP contribution >= 0.6 is 11.3 Å². The number of carbonyl (C=O) groups is 2. The molecule has 206 valence electrons. The SMILES string of the molecule is O=C(Nc1cc2sc(N3CCOCC3)nc2nc1N1CCCCC1)c1cccc(N2CCC(C(=O)[O-])CC2)n1.[Na+]. The number of anilines is 4. The molecule has 1 amide bonds. The van der Waals surface area contributed by atoms with Crippen molar-refractivity contribution in [1.82, 2.24) is 15.0 Å². The van der Waals surface area contributed by atoms with E-state index in [-0.39, 0.29) is 35.5 Å². The number of ether oxygens (including phenoxy) is 1. The molecular formula is C27H32N7NaO4S. The van der Waals surface area contributed by atoms with Crippen molar-refractivity contribution in [2.45, 2.75) is 32.1 Å². The molecule has 0 aromatic carbocycles. The molecule has 3 fully saturated rings. The van der Waals surface area contributed by atoms with Crippen molar-refractivity contribution in [2.75, 3.05) is 72.5 Å². The summed E-state index contributed by atoms with van der Waals surface area (Å²) in [5.74, 6) is -0.321. The van der Waals surface area contributed by atoms with Gasteiger partial charge >= 0.3 is 29.6 Å². The number of morpholine rings is 1. The summed E-state index contributed by atoms with van der Waals surface area (Å²) < 4.78 is 6.41. The van der Waals surface area contributed by atoms with Gasteiger partial charge in [0.2, 0.25) is 0 Å². The number of aromatic nitrogens is 3. The van der Waals surface area contributed by atoms with E-state index in [1.165, 1.54) is 6.42 Å². The van der Waals surface area contributed by atoms with Crippen LogP contribution in [0.15, 0.2) is 24.3 Å². The fourth-order valence-corrected chi connectivity index (χ4v) is 6.43. The molecule has 11 nitrogen and oxygen atoms in total. The van der Waals surface area contributed by atoms with Crippen LogP contribution in [0, 0.1) is 5.92 Å². The van der Waals surface area contributed by atoms with Gasteiger partial charge in [0.25, 0.3) is 5.91 Å². The number of nitrogens with one attached hydrogen (secondary N) is 1. The molecule has 0 radical (unpaired) electrons. The summed E-state index contributed by atoms with van der Waals surface area (Å²) in [7, 11) is 0. The molecule has 1 N–H and O–H groups in total. The summed E-state index contributed by atoms with van der Waals surface area (Å²) in [5.41, 5.74) is 1.66. The minimum Gasteiger partial charge on any atom is -0.550 e. The maximum atomic E-state index is 13.5. The van der Waals surface area contributed by atoms with E-state index < -0.39 is 11.9 Å². The predicted molar refractivity (Wildman–Crippen MR) is 149 cm³/mol. The number of hydrogen-bond donors (Lipinski definition) is 1. The Balaban J connectivity index is 0.00000323. The largest absolute Gasteiger partial charge is 1.00 e. The molecule has 3 aliphatic rings. The van der Waals surface area contributed by atoms with Gasteiger partial charge in [0.15, 0.2) is 16.6 Å². The van der Waals surface area contributed by atoms with Gasteiger partial charge in [-0.1, -0.05) is 17.4 Å². The molecule has 13 heteroatoms. The molecule has 40 heavy (non-hydrogen) atoms. The van der Waals surface area contributed by atoms with Crippen molar-refractivity contribution < 1.29 is 49.0 Å². The zero-order chi connectivity index (χ0) is 26.8. The summed E-state index contributed by atoms with van der Waals surface area (Å²) in [5, 5.41) is 15.2. The van der Waals surface area contributed by atoms with Crippen LogP contribution in [0.4, 0.5) is 22.5 Å². The minimum atomic E-state index is -0.996. The summed E-state index contributed by atoms with van der Waals surface area (Å²) >= 11 is 1.58. The van der Waals surface area contributed by atoms with Crippen molar-refractivity contribution in [3.05, 3.63) is 30.0 Å². The van der Waals surface area contributed by atoms with Crippen molar-refractivity contribution in [1.29, 1.82) is 0 Å². The summed E-state index contributed by atoms with van der Waals surface area (Å²) in [6.07, 6.45) is 4.37. The Labute approximate surface area is 259 Å². The van der Waals surface area contributed by atoms with Gasteiger partial charge in [-0.2, -0.15) is 4.98 Å². The molecule has 0 bridgehead atoms. The summed E-state index contributed by atoms with van der Waals surface area (Å²) in [6.45, 7) is 5.87. The molecule has 0 spiro atoms. The fourth-order valence-electron chi connectivity index (χ4n) is 5.43. The van der Waals surface area contributed by atoms with E-state index >= 15 is 0 Å². The van der Waals surface area contributed by atoms with Gasteiger partial charge in [-0.25, -0.2) is 9.97 Å². The number of carboxylic acids is 1. The first-order chi connectivity index (χ1) is 19.0. The molecule has 3 aromatic rings. The Morgan fingerprint density at radius 3 is 2.40 bits per heavy atom. The minimum absolute atomic E-state index is 0. The molecule has 3 saturated heterocycles. The smallest absolute Gasteiger partial charge is 0.550 e. The van der Waals surface area contributed by atoms with Crippen LogP contribution in [0.3, 0.4) is 0 Å². The van der Waals surface area contributed by atoms with Crippen molar-refractivity contribution in [3.63, 3.8) is 0 Å². The van der Waals surface area contributed by atoms with Gasteiger partial charge in [0.1, 0.15) is 11.5 Å². The van der Waals surface area contributed by atoms with E-state index in [0.29, 0.717) is 62.0 Å². The number of fused-ring (bicyclic) bond motifs is 1. The molecule has 0 unspecified atom stereocenters. The van der Waals surface area contributed by atoms with Gasteiger partial charge in [-0.05, 0) is 50.3 Å². The number of hydrogen-bond acceptors (Lipinski definition) is 11. The standard InChI is InChI=1S/C27H33N7O4S.Na/c35-25(19-5-4-6-22(28-19)32-11-7-18(8-12-32)26(36)37)29-20-17-21-23(30-24(20)33-9-2-1-3-10-33)31-27(39-21)34-13-15-38-16-14-34;/h4-6,17-18H,1-3,7-16H2,(H,29,35)(H,36,37);/q;+1/p-1. The van der Waals surface area contributed by atoms with Gasteiger partial charge in [0, 0.05) is 51.2 Å². The normalized spacial score (nSPS) is 18.4. The zero-order valence-electron chi connectivity index (χ0n) is 22.8. The zero-order valence-corrected chi connectivity index (χ0v) is 25.6. The number of piperidine rings is 2. The third-order valence-electron chi connectivity index (χ3n) is 7.66. The second kappa shape index (κ2) is 13.0. The Morgan fingerprint density at radius 1 is 0.925 bits per heavy atom. The molecule has 3 aliphatic heterocycles. The molecule has 0 atom stereocenters. The Bertz CT molecular complexity index is 1350. The number of thiazole rings is 1. The van der Waals surface area contributed by atoms with Crippen molar-refractivity contribution in [3.8, 4) is 0 Å². The van der Waals surface area contributed by atoms with E-state index in [1.54, 1.807) is 17.4 Å². The van der Waals surface area contributed by atoms with Crippen molar-refractivity contribution >= 4 is 56.0 Å². The molecule has 0 aliphatic carbocycles. The predicted octanol–water partition coefficient (Wildman–Crippen LogP) is -0.864. The summed E-state index contributed by atoms with van der Waals surface area (Å²) in [6, 6.07) is 7.35. The van der Waals surface area contributed by atoms with Crippen molar-refractivity contribution in [2.24, 2.45) is 5.92 Å². The first kappa shape index (κ1) is 29.0. The second-order valence-electron chi connectivity index (χ2n) is 10.2. The molecular weight excluding hydrogens is 541 g/mol. The maximum absolute atomic E-state index is 13.5. The van der Waals surface area contributed by atoms with Crippen LogP contribution < -0.4 is 54.7 Å². The molecule has 3 aromatic heterocycles. The maximum Gasteiger partial charge on any atom is 1.00 e. The fraction of sp³-hybridized carbons (Fsp3) is 0.519. The second-order valence-corrected chi connectivity index (χ2v) is 11.2. The van der Waals surface area contributed by atoms with E-state index in [4.69, 9.17) is 14.7 Å². The van der Waals surface area contributed by atoms with Gasteiger partial charge in [-0.3, -0.25) is 4.79 Å². The average molecular weight is 574 g/mol. The topological polar surface area (TPSA) is 127 Å². The van der Waals surface area contributed by atoms with Crippen LogP contribution in [0.25, 0.3) is 10.3 Å². The quantitative estimate of drug-likeness (QED) is 0.372. The first-order valence-corrected chi connectivity index (χ1v) is 14.5. The van der Waals surface area contributed by atoms with E-state index in [9.17, 15) is 14.7 Å². The van der Waals surface area contributed by atoms with Gasteiger partial charge < -0.3 is 34.7 Å². The first-order valence-electron chi connectivity index (χ1n) is 13.7. The van der Waals surface area contributed by atoms with Gasteiger partial charge in [-0.15, -0.1) is 0 Å². The Kier molecular flexibility index (Phi) is 9.41. The van der Waals surface area contributed by atoms with E-state index in [2.05, 4.69) is 20.1 Å². The number of rotatable bonds is 6. The third-order valence-corrected chi connectivity index (χ3v) is 8.71. The number of amides is 1. The molecule has 6 heterocycles. The number of pyridine rings is 2. The molecule has 6 rings (SSSR count). The number of carbonyl (C=O) groups excluding carboxylic acids is 2. The third kappa shape index (κ3) is 6.36.